The molecule has 1 aromatic rings. The molecule has 3 nitrogen and oxygen atoms in total. The summed E-state index contributed by atoms with van der Waals surface area (Å²) < 4.78 is 0. The van der Waals surface area contributed by atoms with Crippen molar-refractivity contribution in [2.24, 2.45) is 11.5 Å². The molecule has 1 amide bonds. The first-order chi connectivity index (χ1) is 8.16. The summed E-state index contributed by atoms with van der Waals surface area (Å²) in [6, 6.07) is 9.33. The highest BCUT2D eigenvalue weighted by Gasteiger charge is 2.23. The Balaban J connectivity index is 2.75. The van der Waals surface area contributed by atoms with Crippen LogP contribution in [-0.2, 0) is 4.79 Å². The van der Waals surface area contributed by atoms with Gasteiger partial charge in [0.05, 0.1) is 6.04 Å². The Hall–Kier alpha value is -1.35. The van der Waals surface area contributed by atoms with Gasteiger partial charge in [-0.15, -0.1) is 0 Å². The number of amides is 1. The number of nitrogens with two attached hydrogens (primary N) is 2. The van der Waals surface area contributed by atoms with Gasteiger partial charge in [-0.3, -0.25) is 4.79 Å². The third kappa shape index (κ3) is 4.19. The van der Waals surface area contributed by atoms with Crippen LogP contribution in [0.15, 0.2) is 30.3 Å². The normalized spacial score (nSPS) is 14.2. The van der Waals surface area contributed by atoms with Gasteiger partial charge >= 0.3 is 0 Å². The summed E-state index contributed by atoms with van der Waals surface area (Å²) in [5.74, 6) is -0.379. The van der Waals surface area contributed by atoms with Crippen LogP contribution < -0.4 is 11.5 Å². The largest absolute Gasteiger partial charge is 0.368 e. The van der Waals surface area contributed by atoms with E-state index in [-0.39, 0.29) is 5.92 Å². The predicted octanol–water partition coefficient (Wildman–Crippen LogP) is 2.16. The Morgan fingerprint density at radius 1 is 1.24 bits per heavy atom. The maximum Gasteiger partial charge on any atom is 0.234 e. The maximum atomic E-state index is 11.2. The minimum Gasteiger partial charge on any atom is -0.368 e. The van der Waals surface area contributed by atoms with Gasteiger partial charge in [0, 0.05) is 5.92 Å². The second kappa shape index (κ2) is 7.07. The zero-order valence-corrected chi connectivity index (χ0v) is 10.4. The molecule has 4 N–H and O–H groups in total. The van der Waals surface area contributed by atoms with Crippen LogP contribution in [0.1, 0.15) is 44.1 Å². The van der Waals surface area contributed by atoms with Crippen LogP contribution in [0.25, 0.3) is 0 Å². The number of carbonyl (C=O) groups excluding carboxylic acids is 1. The van der Waals surface area contributed by atoms with Crippen molar-refractivity contribution in [2.45, 2.75) is 44.6 Å². The SMILES string of the molecule is CCCCCC(c1ccccc1)C(N)C(N)=O. The molecular weight excluding hydrogens is 212 g/mol. The molecule has 1 aromatic carbocycles. The molecule has 2 atom stereocenters. The van der Waals surface area contributed by atoms with Crippen LogP contribution >= 0.6 is 0 Å². The molecule has 0 aliphatic heterocycles. The molecule has 0 bridgehead atoms. The average Bonchev–Trinajstić information content (AvgIpc) is 2.35. The van der Waals surface area contributed by atoms with Gasteiger partial charge in [-0.1, -0.05) is 56.5 Å². The number of primary amides is 1. The number of benzene rings is 1. The van der Waals surface area contributed by atoms with E-state index in [4.69, 9.17) is 11.5 Å². The average molecular weight is 234 g/mol. The van der Waals surface area contributed by atoms with Crippen LogP contribution in [0.5, 0.6) is 0 Å². The van der Waals surface area contributed by atoms with Gasteiger partial charge in [0.25, 0.3) is 0 Å². The molecule has 17 heavy (non-hydrogen) atoms. The van der Waals surface area contributed by atoms with E-state index in [0.717, 1.165) is 31.2 Å². The molecule has 0 saturated carbocycles. The molecule has 3 heteroatoms. The minimum absolute atomic E-state index is 0.0419. The lowest BCUT2D eigenvalue weighted by Gasteiger charge is -2.22. The summed E-state index contributed by atoms with van der Waals surface area (Å²) >= 11 is 0. The van der Waals surface area contributed by atoms with E-state index < -0.39 is 11.9 Å². The Kier molecular flexibility index (Phi) is 5.70. The predicted molar refractivity (Wildman–Crippen MR) is 70.5 cm³/mol. The highest BCUT2D eigenvalue weighted by atomic mass is 16.1. The zero-order valence-electron chi connectivity index (χ0n) is 10.4. The summed E-state index contributed by atoms with van der Waals surface area (Å²) in [5, 5.41) is 0. The van der Waals surface area contributed by atoms with Crippen LogP contribution in [0.4, 0.5) is 0 Å². The summed E-state index contributed by atoms with van der Waals surface area (Å²) in [5.41, 5.74) is 12.3. The third-order valence-corrected chi connectivity index (χ3v) is 3.11. The van der Waals surface area contributed by atoms with Crippen molar-refractivity contribution in [3.05, 3.63) is 35.9 Å². The Labute approximate surface area is 103 Å². The van der Waals surface area contributed by atoms with Crippen molar-refractivity contribution in [1.82, 2.24) is 0 Å². The van der Waals surface area contributed by atoms with Gasteiger partial charge in [-0.05, 0) is 12.0 Å². The molecule has 0 fully saturated rings. The van der Waals surface area contributed by atoms with Crippen molar-refractivity contribution in [3.8, 4) is 0 Å². The highest BCUT2D eigenvalue weighted by Crippen LogP contribution is 2.25. The van der Waals surface area contributed by atoms with Crippen LogP contribution in [0, 0.1) is 0 Å². The van der Waals surface area contributed by atoms with Crippen LogP contribution in [-0.4, -0.2) is 11.9 Å². The molecule has 94 valence electrons. The fourth-order valence-corrected chi connectivity index (χ4v) is 2.07. The van der Waals surface area contributed by atoms with Crippen LogP contribution in [0.2, 0.25) is 0 Å². The first kappa shape index (κ1) is 13.7. The van der Waals surface area contributed by atoms with E-state index in [0.29, 0.717) is 0 Å². The lowest BCUT2D eigenvalue weighted by Crippen LogP contribution is -2.41. The smallest absolute Gasteiger partial charge is 0.234 e. The molecule has 0 aliphatic carbocycles. The van der Waals surface area contributed by atoms with Gasteiger partial charge in [0.2, 0.25) is 5.91 Å². The van der Waals surface area contributed by atoms with Crippen molar-refractivity contribution in [3.63, 3.8) is 0 Å². The number of hydrogen-bond donors (Lipinski definition) is 2. The van der Waals surface area contributed by atoms with E-state index >= 15 is 0 Å². The van der Waals surface area contributed by atoms with Gasteiger partial charge in [0.15, 0.2) is 0 Å². The molecule has 0 radical (unpaired) electrons. The summed E-state index contributed by atoms with van der Waals surface area (Å²) in [6.07, 6.45) is 4.32. The monoisotopic (exact) mass is 234 g/mol. The van der Waals surface area contributed by atoms with Crippen molar-refractivity contribution >= 4 is 5.91 Å². The molecule has 2 unspecified atom stereocenters. The topological polar surface area (TPSA) is 69.1 Å². The molecule has 0 heterocycles. The minimum atomic E-state index is -0.589. The van der Waals surface area contributed by atoms with E-state index in [9.17, 15) is 4.79 Å². The quantitative estimate of drug-likeness (QED) is 0.710. The summed E-state index contributed by atoms with van der Waals surface area (Å²) in [4.78, 5) is 11.2. The van der Waals surface area contributed by atoms with Gasteiger partial charge < -0.3 is 11.5 Å². The number of hydrogen-bond acceptors (Lipinski definition) is 2. The molecule has 0 saturated heterocycles. The lowest BCUT2D eigenvalue weighted by atomic mass is 9.87. The second-order valence-corrected chi connectivity index (χ2v) is 4.44. The van der Waals surface area contributed by atoms with E-state index in [1.807, 2.05) is 30.3 Å². The first-order valence-corrected chi connectivity index (χ1v) is 6.26. The molecular formula is C14H22N2O. The van der Waals surface area contributed by atoms with Gasteiger partial charge in [-0.25, -0.2) is 0 Å². The molecule has 1 rings (SSSR count). The fraction of sp³-hybridized carbons (Fsp3) is 0.500. The highest BCUT2D eigenvalue weighted by molar-refractivity contribution is 5.80. The second-order valence-electron chi connectivity index (χ2n) is 4.44. The third-order valence-electron chi connectivity index (χ3n) is 3.11. The number of rotatable bonds is 7. The first-order valence-electron chi connectivity index (χ1n) is 6.26. The van der Waals surface area contributed by atoms with Gasteiger partial charge in [-0.2, -0.15) is 0 Å². The van der Waals surface area contributed by atoms with Crippen molar-refractivity contribution in [1.29, 1.82) is 0 Å². The Morgan fingerprint density at radius 2 is 1.88 bits per heavy atom. The van der Waals surface area contributed by atoms with Crippen molar-refractivity contribution < 1.29 is 4.79 Å². The fourth-order valence-electron chi connectivity index (χ4n) is 2.07. The summed E-state index contributed by atoms with van der Waals surface area (Å²) in [6.45, 7) is 2.16. The summed E-state index contributed by atoms with van der Waals surface area (Å²) in [7, 11) is 0. The Morgan fingerprint density at radius 3 is 2.41 bits per heavy atom. The molecule has 0 spiro atoms. The maximum absolute atomic E-state index is 11.2. The van der Waals surface area contributed by atoms with E-state index in [2.05, 4.69) is 6.92 Å². The molecule has 0 aromatic heterocycles. The van der Waals surface area contributed by atoms with E-state index in [1.165, 1.54) is 0 Å². The zero-order chi connectivity index (χ0) is 12.7. The van der Waals surface area contributed by atoms with Gasteiger partial charge in [0.1, 0.15) is 0 Å². The number of unbranched alkanes of at least 4 members (excludes halogenated alkanes) is 2. The molecule has 0 aliphatic rings. The van der Waals surface area contributed by atoms with E-state index in [1.54, 1.807) is 0 Å². The standard InChI is InChI=1S/C14H22N2O/c1-2-3-5-10-12(13(15)14(16)17)11-8-6-4-7-9-11/h4,6-9,12-13H,2-3,5,10,15H2,1H3,(H2,16,17). The van der Waals surface area contributed by atoms with Crippen molar-refractivity contribution in [2.75, 3.05) is 0 Å². The lowest BCUT2D eigenvalue weighted by molar-refractivity contribution is -0.119. The van der Waals surface area contributed by atoms with Crippen LogP contribution in [0.3, 0.4) is 0 Å². The number of carbonyl (C=O) groups is 1. The Bertz CT molecular complexity index is 337.